The maximum atomic E-state index is 12.6. The molecule has 0 fully saturated rings. The Kier molecular flexibility index (Phi) is 4.77. The van der Waals surface area contributed by atoms with Crippen LogP contribution < -0.4 is 20.5 Å². The zero-order valence-corrected chi connectivity index (χ0v) is 16.3. The lowest BCUT2D eigenvalue weighted by atomic mass is 10.2. The summed E-state index contributed by atoms with van der Waals surface area (Å²) in [5.74, 6) is 1.39. The molecule has 0 spiro atoms. The van der Waals surface area contributed by atoms with Crippen molar-refractivity contribution >= 4 is 46.9 Å². The molecule has 0 saturated carbocycles. The number of carbonyl (C=O) groups excluding carboxylic acids is 1. The molecule has 2 aromatic carbocycles. The largest absolute Gasteiger partial charge is 0.454 e. The molecule has 6 nitrogen and oxygen atoms in total. The van der Waals surface area contributed by atoms with Crippen LogP contribution in [0.3, 0.4) is 0 Å². The molecule has 0 unspecified atom stereocenters. The molecular weight excluding hydrogens is 406 g/mol. The van der Waals surface area contributed by atoms with Crippen molar-refractivity contribution in [1.29, 1.82) is 0 Å². The summed E-state index contributed by atoms with van der Waals surface area (Å²) in [4.78, 5) is 13.0. The Labute approximate surface area is 169 Å². The second kappa shape index (κ2) is 7.22. The van der Waals surface area contributed by atoms with E-state index in [-0.39, 0.29) is 12.7 Å². The number of carbonyl (C=O) groups is 1. The van der Waals surface area contributed by atoms with E-state index in [0.717, 1.165) is 11.3 Å². The Morgan fingerprint density at radius 1 is 1.22 bits per heavy atom. The van der Waals surface area contributed by atoms with Crippen LogP contribution in [0.4, 0.5) is 5.82 Å². The highest BCUT2D eigenvalue weighted by Crippen LogP contribution is 2.32. The van der Waals surface area contributed by atoms with Gasteiger partial charge < -0.3 is 20.5 Å². The summed E-state index contributed by atoms with van der Waals surface area (Å²) in [5, 5.41) is 3.47. The maximum Gasteiger partial charge on any atom is 0.265 e. The Balaban J connectivity index is 1.53. The number of amides is 1. The van der Waals surface area contributed by atoms with E-state index < -0.39 is 0 Å². The first-order valence-corrected chi connectivity index (χ1v) is 9.57. The van der Waals surface area contributed by atoms with Gasteiger partial charge in [0.25, 0.3) is 5.91 Å². The second-order valence-electron chi connectivity index (χ2n) is 5.76. The fourth-order valence-corrected chi connectivity index (χ4v) is 4.11. The SMILES string of the molecule is Nc1c(C(=O)NCc2ccc3c(c2)OCO3)sc(=S)n1-c1ccc(Cl)cc1. The number of nitrogens with one attached hydrogen (secondary N) is 1. The van der Waals surface area contributed by atoms with Crippen LogP contribution in [-0.4, -0.2) is 17.3 Å². The molecule has 9 heteroatoms. The lowest BCUT2D eigenvalue weighted by Crippen LogP contribution is -2.23. The number of ether oxygens (including phenoxy) is 2. The van der Waals surface area contributed by atoms with E-state index in [1.54, 1.807) is 28.8 Å². The molecule has 1 aliphatic rings. The number of fused-ring (bicyclic) bond motifs is 1. The highest BCUT2D eigenvalue weighted by atomic mass is 35.5. The van der Waals surface area contributed by atoms with Crippen molar-refractivity contribution in [2.45, 2.75) is 6.54 Å². The van der Waals surface area contributed by atoms with Crippen molar-refractivity contribution in [1.82, 2.24) is 9.88 Å². The van der Waals surface area contributed by atoms with E-state index in [1.807, 2.05) is 18.2 Å². The van der Waals surface area contributed by atoms with Crippen LogP contribution in [0.15, 0.2) is 42.5 Å². The van der Waals surface area contributed by atoms with Gasteiger partial charge in [-0.3, -0.25) is 9.36 Å². The van der Waals surface area contributed by atoms with Crippen LogP contribution in [0.25, 0.3) is 5.69 Å². The molecule has 1 amide bonds. The van der Waals surface area contributed by atoms with E-state index in [2.05, 4.69) is 5.32 Å². The molecule has 2 heterocycles. The zero-order valence-electron chi connectivity index (χ0n) is 13.9. The van der Waals surface area contributed by atoms with E-state index in [9.17, 15) is 4.79 Å². The van der Waals surface area contributed by atoms with Gasteiger partial charge in [-0.25, -0.2) is 0 Å². The number of rotatable bonds is 4. The van der Waals surface area contributed by atoms with E-state index >= 15 is 0 Å². The second-order valence-corrected chi connectivity index (χ2v) is 7.85. The smallest absolute Gasteiger partial charge is 0.265 e. The molecule has 4 rings (SSSR count). The number of hydrogen-bond acceptors (Lipinski definition) is 6. The molecule has 1 aliphatic heterocycles. The summed E-state index contributed by atoms with van der Waals surface area (Å²) >= 11 is 12.5. The van der Waals surface area contributed by atoms with Crippen molar-refractivity contribution in [2.24, 2.45) is 0 Å². The van der Waals surface area contributed by atoms with E-state index in [0.29, 0.717) is 37.7 Å². The Morgan fingerprint density at radius 2 is 1.96 bits per heavy atom. The predicted molar refractivity (Wildman–Crippen MR) is 108 cm³/mol. The standard InChI is InChI=1S/C18H14ClN3O3S2/c19-11-2-4-12(5-3-11)22-16(20)15(27-18(22)26)17(23)21-8-10-1-6-13-14(7-10)25-9-24-13/h1-7H,8-9,20H2,(H,21,23). The Bertz CT molecular complexity index is 1080. The van der Waals surface area contributed by atoms with Crippen molar-refractivity contribution in [3.05, 3.63) is 61.9 Å². The third-order valence-electron chi connectivity index (χ3n) is 4.03. The summed E-state index contributed by atoms with van der Waals surface area (Å²) in [6.07, 6.45) is 0. The number of benzene rings is 2. The first kappa shape index (κ1) is 17.8. The molecule has 3 N–H and O–H groups in total. The van der Waals surface area contributed by atoms with E-state index in [4.69, 9.17) is 39.0 Å². The fraction of sp³-hybridized carbons (Fsp3) is 0.111. The van der Waals surface area contributed by atoms with Gasteiger partial charge in [-0.15, -0.1) is 0 Å². The highest BCUT2D eigenvalue weighted by Gasteiger charge is 2.19. The monoisotopic (exact) mass is 419 g/mol. The minimum Gasteiger partial charge on any atom is -0.454 e. The molecular formula is C18H14ClN3O3S2. The van der Waals surface area contributed by atoms with Crippen molar-refractivity contribution in [3.63, 3.8) is 0 Å². The van der Waals surface area contributed by atoms with Crippen LogP contribution in [0.2, 0.25) is 5.02 Å². The number of thiazole rings is 1. The Morgan fingerprint density at radius 3 is 2.74 bits per heavy atom. The molecule has 27 heavy (non-hydrogen) atoms. The third-order valence-corrected chi connectivity index (χ3v) is 5.67. The summed E-state index contributed by atoms with van der Waals surface area (Å²) in [7, 11) is 0. The first-order valence-electron chi connectivity index (χ1n) is 7.97. The van der Waals surface area contributed by atoms with Crippen LogP contribution >= 0.6 is 35.2 Å². The van der Waals surface area contributed by atoms with E-state index in [1.165, 1.54) is 11.3 Å². The van der Waals surface area contributed by atoms with Crippen LogP contribution in [0, 0.1) is 3.95 Å². The van der Waals surface area contributed by atoms with Crippen molar-refractivity contribution < 1.29 is 14.3 Å². The molecule has 0 atom stereocenters. The number of anilines is 1. The summed E-state index contributed by atoms with van der Waals surface area (Å²) in [6, 6.07) is 12.6. The number of halogens is 1. The van der Waals surface area contributed by atoms with Crippen molar-refractivity contribution in [2.75, 3.05) is 12.5 Å². The van der Waals surface area contributed by atoms with Crippen molar-refractivity contribution in [3.8, 4) is 17.2 Å². The van der Waals surface area contributed by atoms with Gasteiger partial charge in [-0.1, -0.05) is 29.0 Å². The molecule has 3 aromatic rings. The average molecular weight is 420 g/mol. The number of aromatic nitrogens is 1. The van der Waals surface area contributed by atoms with Gasteiger partial charge in [-0.05, 0) is 54.2 Å². The van der Waals surface area contributed by atoms with Gasteiger partial charge in [0.2, 0.25) is 6.79 Å². The molecule has 0 aliphatic carbocycles. The average Bonchev–Trinajstić information content (AvgIpc) is 3.24. The van der Waals surface area contributed by atoms with Crippen LogP contribution in [-0.2, 0) is 6.54 Å². The number of nitrogens with two attached hydrogens (primary N) is 1. The van der Waals surface area contributed by atoms with Gasteiger partial charge in [0.1, 0.15) is 10.7 Å². The van der Waals surface area contributed by atoms with Gasteiger partial charge >= 0.3 is 0 Å². The lowest BCUT2D eigenvalue weighted by molar-refractivity contribution is 0.0955. The summed E-state index contributed by atoms with van der Waals surface area (Å²) < 4.78 is 12.8. The summed E-state index contributed by atoms with van der Waals surface area (Å²) in [5.41, 5.74) is 7.85. The van der Waals surface area contributed by atoms with Gasteiger partial charge in [0.15, 0.2) is 15.5 Å². The first-order chi connectivity index (χ1) is 13.0. The summed E-state index contributed by atoms with van der Waals surface area (Å²) in [6.45, 7) is 0.545. The van der Waals surface area contributed by atoms with Gasteiger partial charge in [-0.2, -0.15) is 0 Å². The molecule has 0 radical (unpaired) electrons. The van der Waals surface area contributed by atoms with Gasteiger partial charge in [0, 0.05) is 17.3 Å². The number of hydrogen-bond donors (Lipinski definition) is 2. The molecule has 138 valence electrons. The molecule has 0 saturated heterocycles. The minimum atomic E-state index is -0.283. The maximum absolute atomic E-state index is 12.6. The third kappa shape index (κ3) is 3.51. The quantitative estimate of drug-likeness (QED) is 0.621. The minimum absolute atomic E-state index is 0.211. The lowest BCUT2D eigenvalue weighted by Gasteiger charge is -2.08. The van der Waals surface area contributed by atoms with Crippen LogP contribution in [0.5, 0.6) is 11.5 Å². The topological polar surface area (TPSA) is 78.5 Å². The number of nitrogen functional groups attached to an aromatic ring is 1. The molecule has 1 aromatic heterocycles. The predicted octanol–water partition coefficient (Wildman–Crippen LogP) is 4.16. The number of nitrogens with zero attached hydrogens (tertiary/aromatic N) is 1. The van der Waals surface area contributed by atoms with Gasteiger partial charge in [0.05, 0.1) is 0 Å². The van der Waals surface area contributed by atoms with Crippen LogP contribution in [0.1, 0.15) is 15.2 Å². The zero-order chi connectivity index (χ0) is 19.0. The highest BCUT2D eigenvalue weighted by molar-refractivity contribution is 7.73. The normalized spacial score (nSPS) is 12.2. The Hall–Kier alpha value is -2.55. The fourth-order valence-electron chi connectivity index (χ4n) is 2.70. The molecule has 0 bridgehead atoms.